The number of carbonyl (C=O) groups is 1. The second-order valence-electron chi connectivity index (χ2n) is 7.48. The van der Waals surface area contributed by atoms with E-state index < -0.39 is 0 Å². The van der Waals surface area contributed by atoms with Crippen LogP contribution in [-0.4, -0.2) is 61.1 Å². The number of halogens is 1. The number of hydrogen-bond donors (Lipinski definition) is 0. The van der Waals surface area contributed by atoms with Gasteiger partial charge in [0.25, 0.3) is 5.91 Å². The first-order valence-electron chi connectivity index (χ1n) is 8.36. The first-order valence-corrected chi connectivity index (χ1v) is 8.74. The number of carbonyl (C=O) groups excluding carboxylic acids is 1. The molecule has 3 aliphatic rings. The van der Waals surface area contributed by atoms with Gasteiger partial charge in [0.2, 0.25) is 0 Å². The molecule has 23 heavy (non-hydrogen) atoms. The van der Waals surface area contributed by atoms with Gasteiger partial charge in [-0.2, -0.15) is 0 Å². The molecule has 4 nitrogen and oxygen atoms in total. The van der Waals surface area contributed by atoms with E-state index in [9.17, 15) is 4.79 Å². The Balaban J connectivity index is 1.54. The zero-order valence-electron chi connectivity index (χ0n) is 13.7. The molecule has 1 spiro atoms. The zero-order valence-corrected chi connectivity index (χ0v) is 14.4. The Morgan fingerprint density at radius 3 is 2.83 bits per heavy atom. The largest absolute Gasteiger partial charge is 0.369 e. The number of ether oxygens (including phenoxy) is 1. The predicted octanol–water partition coefficient (Wildman–Crippen LogP) is 2.52. The lowest BCUT2D eigenvalue weighted by molar-refractivity contribution is 0.00256. The van der Waals surface area contributed by atoms with Crippen LogP contribution in [0.15, 0.2) is 24.3 Å². The van der Waals surface area contributed by atoms with E-state index in [-0.39, 0.29) is 11.5 Å². The van der Waals surface area contributed by atoms with Gasteiger partial charge in [-0.05, 0) is 51.2 Å². The third-order valence-corrected chi connectivity index (χ3v) is 5.99. The summed E-state index contributed by atoms with van der Waals surface area (Å²) in [5.74, 6) is 1.11. The highest BCUT2D eigenvalue weighted by Crippen LogP contribution is 2.55. The molecule has 0 N–H and O–H groups in total. The maximum absolute atomic E-state index is 12.8. The average Bonchev–Trinajstić information content (AvgIpc) is 3.16. The molecule has 1 aromatic carbocycles. The smallest absolute Gasteiger partial charge is 0.253 e. The number of nitrogens with zero attached hydrogens (tertiary/aromatic N) is 2. The third-order valence-electron chi connectivity index (χ3n) is 5.74. The summed E-state index contributed by atoms with van der Waals surface area (Å²) in [5, 5.41) is 0.659. The van der Waals surface area contributed by atoms with Crippen LogP contribution in [0.25, 0.3) is 0 Å². The molecule has 0 saturated carbocycles. The quantitative estimate of drug-likeness (QED) is 0.851. The van der Waals surface area contributed by atoms with Gasteiger partial charge in [0.05, 0.1) is 18.2 Å². The Kier molecular flexibility index (Phi) is 3.67. The molecule has 1 aromatic rings. The number of hydrogen-bond acceptors (Lipinski definition) is 3. The monoisotopic (exact) mass is 334 g/mol. The fourth-order valence-electron chi connectivity index (χ4n) is 4.79. The van der Waals surface area contributed by atoms with Gasteiger partial charge >= 0.3 is 0 Å². The van der Waals surface area contributed by atoms with Gasteiger partial charge in [0.1, 0.15) is 0 Å². The molecule has 0 aromatic heterocycles. The lowest BCUT2D eigenvalue weighted by atomic mass is 9.73. The summed E-state index contributed by atoms with van der Waals surface area (Å²) in [6, 6.07) is 7.18. The molecule has 5 heteroatoms. The van der Waals surface area contributed by atoms with Crippen molar-refractivity contribution in [3.8, 4) is 0 Å². The van der Waals surface area contributed by atoms with Gasteiger partial charge in [-0.3, -0.25) is 4.79 Å². The molecule has 124 valence electrons. The van der Waals surface area contributed by atoms with Gasteiger partial charge in [-0.15, -0.1) is 0 Å². The van der Waals surface area contributed by atoms with Crippen LogP contribution >= 0.6 is 11.6 Å². The van der Waals surface area contributed by atoms with Crippen molar-refractivity contribution < 1.29 is 9.53 Å². The zero-order chi connectivity index (χ0) is 16.2. The minimum absolute atomic E-state index is 0.0899. The SMILES string of the molecule is CN(C)C[C@H]1[C@H]2CN(C(=O)c3ccc(Cl)cc3)C[C@]23CC[C@H]1O3. The van der Waals surface area contributed by atoms with E-state index in [0.717, 1.165) is 32.5 Å². The molecule has 3 saturated heterocycles. The summed E-state index contributed by atoms with van der Waals surface area (Å²) in [5.41, 5.74) is 0.623. The second kappa shape index (κ2) is 5.47. The minimum Gasteiger partial charge on any atom is -0.369 e. The fourth-order valence-corrected chi connectivity index (χ4v) is 4.91. The standard InChI is InChI=1S/C18H23ClN2O2/c1-20(2)9-14-15-10-21(11-18(15)8-7-16(14)23-18)17(22)12-3-5-13(19)6-4-12/h3-6,14-16H,7-11H2,1-2H3/t14-,15+,16+,18+/m0/s1. The molecule has 3 heterocycles. The highest BCUT2D eigenvalue weighted by molar-refractivity contribution is 6.30. The maximum Gasteiger partial charge on any atom is 0.253 e. The number of fused-ring (bicyclic) bond motifs is 1. The van der Waals surface area contributed by atoms with Crippen molar-refractivity contribution >= 4 is 17.5 Å². The van der Waals surface area contributed by atoms with Gasteiger partial charge in [-0.1, -0.05) is 11.6 Å². The molecular weight excluding hydrogens is 312 g/mol. The first kappa shape index (κ1) is 15.4. The van der Waals surface area contributed by atoms with Crippen molar-refractivity contribution in [1.29, 1.82) is 0 Å². The van der Waals surface area contributed by atoms with Gasteiger partial charge < -0.3 is 14.5 Å². The van der Waals surface area contributed by atoms with Crippen molar-refractivity contribution in [3.63, 3.8) is 0 Å². The highest BCUT2D eigenvalue weighted by Gasteiger charge is 2.63. The average molecular weight is 335 g/mol. The van der Waals surface area contributed by atoms with E-state index in [1.54, 1.807) is 12.1 Å². The van der Waals surface area contributed by atoms with E-state index in [1.165, 1.54) is 0 Å². The Labute approximate surface area is 142 Å². The van der Waals surface area contributed by atoms with Crippen LogP contribution in [-0.2, 0) is 4.74 Å². The Hall–Kier alpha value is -1.10. The van der Waals surface area contributed by atoms with Crippen molar-refractivity contribution in [3.05, 3.63) is 34.9 Å². The van der Waals surface area contributed by atoms with Gasteiger partial charge in [0.15, 0.2) is 0 Å². The summed E-state index contributed by atoms with van der Waals surface area (Å²) in [4.78, 5) is 17.0. The topological polar surface area (TPSA) is 32.8 Å². The third kappa shape index (κ3) is 2.48. The summed E-state index contributed by atoms with van der Waals surface area (Å²) in [7, 11) is 4.23. The van der Waals surface area contributed by atoms with Crippen LogP contribution in [0, 0.1) is 11.8 Å². The summed E-state index contributed by atoms with van der Waals surface area (Å²) in [6.07, 6.45) is 2.62. The van der Waals surface area contributed by atoms with Crippen molar-refractivity contribution in [2.45, 2.75) is 24.5 Å². The normalized spacial score (nSPS) is 35.1. The van der Waals surface area contributed by atoms with E-state index >= 15 is 0 Å². The number of rotatable bonds is 3. The molecule has 4 atom stereocenters. The van der Waals surface area contributed by atoms with E-state index in [4.69, 9.17) is 16.3 Å². The van der Waals surface area contributed by atoms with E-state index in [2.05, 4.69) is 19.0 Å². The lowest BCUT2D eigenvalue weighted by Gasteiger charge is -2.30. The molecule has 0 radical (unpaired) electrons. The summed E-state index contributed by atoms with van der Waals surface area (Å²) < 4.78 is 6.39. The molecule has 0 aliphatic carbocycles. The molecule has 4 rings (SSSR count). The fraction of sp³-hybridized carbons (Fsp3) is 0.611. The van der Waals surface area contributed by atoms with Crippen LogP contribution in [0.3, 0.4) is 0 Å². The number of amides is 1. The number of benzene rings is 1. The molecular formula is C18H23ClN2O2. The van der Waals surface area contributed by atoms with Crippen LogP contribution in [0.4, 0.5) is 0 Å². The molecule has 3 fully saturated rings. The van der Waals surface area contributed by atoms with Gasteiger partial charge in [0, 0.05) is 35.5 Å². The van der Waals surface area contributed by atoms with Crippen molar-refractivity contribution in [2.24, 2.45) is 11.8 Å². The predicted molar refractivity (Wildman–Crippen MR) is 89.7 cm³/mol. The molecule has 3 aliphatic heterocycles. The number of likely N-dealkylation sites (tertiary alicyclic amines) is 1. The molecule has 0 unspecified atom stereocenters. The Morgan fingerprint density at radius 2 is 2.13 bits per heavy atom. The van der Waals surface area contributed by atoms with Crippen LogP contribution in [0.5, 0.6) is 0 Å². The lowest BCUT2D eigenvalue weighted by Crippen LogP contribution is -2.40. The van der Waals surface area contributed by atoms with Gasteiger partial charge in [-0.25, -0.2) is 0 Å². The second-order valence-corrected chi connectivity index (χ2v) is 7.92. The van der Waals surface area contributed by atoms with E-state index in [1.807, 2.05) is 17.0 Å². The van der Waals surface area contributed by atoms with Crippen LogP contribution < -0.4 is 0 Å². The summed E-state index contributed by atoms with van der Waals surface area (Å²) in [6.45, 7) is 2.59. The first-order chi connectivity index (χ1) is 11.0. The van der Waals surface area contributed by atoms with Crippen molar-refractivity contribution in [1.82, 2.24) is 9.80 Å². The Bertz CT molecular complexity index is 618. The van der Waals surface area contributed by atoms with Crippen LogP contribution in [0.1, 0.15) is 23.2 Å². The van der Waals surface area contributed by atoms with Crippen molar-refractivity contribution in [2.75, 3.05) is 33.7 Å². The maximum atomic E-state index is 12.8. The Morgan fingerprint density at radius 1 is 1.39 bits per heavy atom. The summed E-state index contributed by atoms with van der Waals surface area (Å²) >= 11 is 5.92. The van der Waals surface area contributed by atoms with E-state index in [0.29, 0.717) is 28.5 Å². The highest BCUT2D eigenvalue weighted by atomic mass is 35.5. The van der Waals surface area contributed by atoms with Crippen LogP contribution in [0.2, 0.25) is 5.02 Å². The molecule has 2 bridgehead atoms. The minimum atomic E-state index is -0.0899. The molecule has 1 amide bonds.